The second-order valence-corrected chi connectivity index (χ2v) is 5.34. The number of rotatable bonds is 2. The molecule has 0 fully saturated rings. The molecule has 2 N–H and O–H groups in total. The number of anilines is 1. The standard InChI is InChI=1S/C17H17N3/c1-2-11-3-5-15-16(9-11)20-17(19-15)13-4-6-14-12(10-13)7-8-18-14/h3-6,9-10,18H,2,7-8H2,1H3,(H,19,20). The number of nitrogens with zero attached hydrogens (tertiary/aromatic N) is 1. The molecule has 2 aromatic carbocycles. The monoisotopic (exact) mass is 263 g/mol. The molecule has 1 aliphatic rings. The fraction of sp³-hybridized carbons (Fsp3) is 0.235. The van der Waals surface area contributed by atoms with Crippen molar-refractivity contribution in [1.82, 2.24) is 9.97 Å². The number of hydrogen-bond donors (Lipinski definition) is 2. The number of hydrogen-bond acceptors (Lipinski definition) is 2. The summed E-state index contributed by atoms with van der Waals surface area (Å²) in [7, 11) is 0. The third kappa shape index (κ3) is 1.78. The number of aromatic amines is 1. The summed E-state index contributed by atoms with van der Waals surface area (Å²) >= 11 is 0. The van der Waals surface area contributed by atoms with Crippen molar-refractivity contribution in [2.75, 3.05) is 11.9 Å². The van der Waals surface area contributed by atoms with Gasteiger partial charge in [0.15, 0.2) is 0 Å². The van der Waals surface area contributed by atoms with E-state index in [4.69, 9.17) is 4.98 Å². The van der Waals surface area contributed by atoms with Gasteiger partial charge in [0.2, 0.25) is 0 Å². The van der Waals surface area contributed by atoms with Gasteiger partial charge < -0.3 is 10.3 Å². The van der Waals surface area contributed by atoms with E-state index in [0.717, 1.165) is 36.2 Å². The zero-order chi connectivity index (χ0) is 13.5. The number of imidazole rings is 1. The van der Waals surface area contributed by atoms with Gasteiger partial charge in [0.05, 0.1) is 11.0 Å². The maximum absolute atomic E-state index is 4.71. The normalized spacial score (nSPS) is 13.4. The minimum absolute atomic E-state index is 0.961. The van der Waals surface area contributed by atoms with Crippen LogP contribution in [-0.4, -0.2) is 16.5 Å². The van der Waals surface area contributed by atoms with Gasteiger partial charge in [-0.05, 0) is 54.3 Å². The van der Waals surface area contributed by atoms with Gasteiger partial charge in [0.25, 0.3) is 0 Å². The summed E-state index contributed by atoms with van der Waals surface area (Å²) in [6, 6.07) is 13.0. The first-order chi connectivity index (χ1) is 9.83. The molecule has 0 bridgehead atoms. The van der Waals surface area contributed by atoms with Crippen molar-refractivity contribution in [2.24, 2.45) is 0 Å². The van der Waals surface area contributed by atoms with Crippen LogP contribution >= 0.6 is 0 Å². The summed E-state index contributed by atoms with van der Waals surface area (Å²) in [5.74, 6) is 0.961. The maximum Gasteiger partial charge on any atom is 0.138 e. The number of benzene rings is 2. The van der Waals surface area contributed by atoms with Crippen LogP contribution in [0.25, 0.3) is 22.4 Å². The Hall–Kier alpha value is -2.29. The molecule has 0 amide bonds. The zero-order valence-electron chi connectivity index (χ0n) is 11.5. The molecule has 20 heavy (non-hydrogen) atoms. The van der Waals surface area contributed by atoms with E-state index in [1.165, 1.54) is 22.4 Å². The van der Waals surface area contributed by atoms with Gasteiger partial charge in [0, 0.05) is 17.8 Å². The van der Waals surface area contributed by atoms with Gasteiger partial charge in [-0.3, -0.25) is 0 Å². The summed E-state index contributed by atoms with van der Waals surface area (Å²) in [6.07, 6.45) is 2.15. The highest BCUT2D eigenvalue weighted by atomic mass is 14.9. The van der Waals surface area contributed by atoms with Crippen LogP contribution in [0.15, 0.2) is 36.4 Å². The van der Waals surface area contributed by atoms with Crippen LogP contribution in [-0.2, 0) is 12.8 Å². The van der Waals surface area contributed by atoms with Crippen LogP contribution in [0.5, 0.6) is 0 Å². The van der Waals surface area contributed by atoms with Crippen LogP contribution < -0.4 is 5.32 Å². The maximum atomic E-state index is 4.71. The Morgan fingerprint density at radius 3 is 3.00 bits per heavy atom. The van der Waals surface area contributed by atoms with Gasteiger partial charge in [0.1, 0.15) is 5.82 Å². The van der Waals surface area contributed by atoms with Crippen molar-refractivity contribution in [3.63, 3.8) is 0 Å². The molecular weight excluding hydrogens is 246 g/mol. The predicted molar refractivity (Wildman–Crippen MR) is 83.1 cm³/mol. The van der Waals surface area contributed by atoms with Crippen LogP contribution in [0.3, 0.4) is 0 Å². The van der Waals surface area contributed by atoms with Crippen molar-refractivity contribution in [3.8, 4) is 11.4 Å². The minimum atomic E-state index is 0.961. The van der Waals surface area contributed by atoms with E-state index < -0.39 is 0 Å². The molecule has 3 heteroatoms. The average Bonchev–Trinajstić information content (AvgIpc) is 3.11. The summed E-state index contributed by atoms with van der Waals surface area (Å²) < 4.78 is 0. The van der Waals surface area contributed by atoms with Crippen LogP contribution in [0, 0.1) is 0 Å². The second kappa shape index (κ2) is 4.37. The molecule has 0 radical (unpaired) electrons. The van der Waals surface area contributed by atoms with E-state index in [9.17, 15) is 0 Å². The Morgan fingerprint density at radius 1 is 1.15 bits per heavy atom. The first-order valence-corrected chi connectivity index (χ1v) is 7.19. The topological polar surface area (TPSA) is 40.7 Å². The van der Waals surface area contributed by atoms with Gasteiger partial charge in [-0.15, -0.1) is 0 Å². The van der Waals surface area contributed by atoms with E-state index in [-0.39, 0.29) is 0 Å². The largest absolute Gasteiger partial charge is 0.384 e. The molecule has 0 spiro atoms. The Balaban J connectivity index is 1.81. The number of aryl methyl sites for hydroxylation is 1. The second-order valence-electron chi connectivity index (χ2n) is 5.34. The van der Waals surface area contributed by atoms with E-state index in [2.05, 4.69) is 53.6 Å². The number of nitrogens with one attached hydrogen (secondary N) is 2. The van der Waals surface area contributed by atoms with E-state index >= 15 is 0 Å². The van der Waals surface area contributed by atoms with Crippen molar-refractivity contribution in [3.05, 3.63) is 47.5 Å². The molecule has 3 nitrogen and oxygen atoms in total. The van der Waals surface area contributed by atoms with Gasteiger partial charge in [-0.2, -0.15) is 0 Å². The van der Waals surface area contributed by atoms with Crippen LogP contribution in [0.4, 0.5) is 5.69 Å². The molecule has 0 saturated heterocycles. The van der Waals surface area contributed by atoms with E-state index in [0.29, 0.717) is 0 Å². The molecule has 2 heterocycles. The highest BCUT2D eigenvalue weighted by molar-refractivity contribution is 5.80. The molecule has 100 valence electrons. The molecule has 1 aromatic heterocycles. The average molecular weight is 263 g/mol. The predicted octanol–water partition coefficient (Wildman–Crippen LogP) is 3.76. The van der Waals surface area contributed by atoms with Crippen molar-refractivity contribution in [2.45, 2.75) is 19.8 Å². The van der Waals surface area contributed by atoms with Crippen LogP contribution in [0.2, 0.25) is 0 Å². The molecule has 4 rings (SSSR count). The first kappa shape index (κ1) is 11.5. The van der Waals surface area contributed by atoms with Gasteiger partial charge >= 0.3 is 0 Å². The van der Waals surface area contributed by atoms with Crippen LogP contribution in [0.1, 0.15) is 18.1 Å². The highest BCUT2D eigenvalue weighted by Gasteiger charge is 2.12. The van der Waals surface area contributed by atoms with Gasteiger partial charge in [-0.25, -0.2) is 4.98 Å². The van der Waals surface area contributed by atoms with E-state index in [1.54, 1.807) is 0 Å². The Bertz CT molecular complexity index is 786. The lowest BCUT2D eigenvalue weighted by atomic mass is 10.1. The molecule has 0 unspecified atom stereocenters. The summed E-state index contributed by atoms with van der Waals surface area (Å²) in [5.41, 5.74) is 7.32. The minimum Gasteiger partial charge on any atom is -0.384 e. The van der Waals surface area contributed by atoms with Crippen molar-refractivity contribution in [1.29, 1.82) is 0 Å². The Morgan fingerprint density at radius 2 is 2.10 bits per heavy atom. The highest BCUT2D eigenvalue weighted by Crippen LogP contribution is 2.28. The molecule has 1 aliphatic heterocycles. The third-order valence-electron chi connectivity index (χ3n) is 4.04. The summed E-state index contributed by atoms with van der Waals surface area (Å²) in [5, 5.41) is 3.39. The lowest BCUT2D eigenvalue weighted by molar-refractivity contribution is 1.11. The summed E-state index contributed by atoms with van der Waals surface area (Å²) in [4.78, 5) is 8.15. The number of H-pyrrole nitrogens is 1. The van der Waals surface area contributed by atoms with E-state index in [1.807, 2.05) is 0 Å². The number of aromatic nitrogens is 2. The third-order valence-corrected chi connectivity index (χ3v) is 4.04. The Kier molecular flexibility index (Phi) is 2.52. The van der Waals surface area contributed by atoms with Crippen molar-refractivity contribution >= 4 is 16.7 Å². The first-order valence-electron chi connectivity index (χ1n) is 7.19. The smallest absolute Gasteiger partial charge is 0.138 e. The molecule has 3 aromatic rings. The molecular formula is C17H17N3. The molecule has 0 aliphatic carbocycles. The zero-order valence-corrected chi connectivity index (χ0v) is 11.5. The molecule has 0 saturated carbocycles. The fourth-order valence-corrected chi connectivity index (χ4v) is 2.87. The lowest BCUT2D eigenvalue weighted by Crippen LogP contribution is -1.90. The fourth-order valence-electron chi connectivity index (χ4n) is 2.87. The Labute approximate surface area is 118 Å². The number of fused-ring (bicyclic) bond motifs is 2. The lowest BCUT2D eigenvalue weighted by Gasteiger charge is -2.01. The van der Waals surface area contributed by atoms with Gasteiger partial charge in [-0.1, -0.05) is 13.0 Å². The SMILES string of the molecule is CCc1ccc2nc(-c3ccc4c(c3)CCN4)[nH]c2c1. The molecule has 0 atom stereocenters. The quantitative estimate of drug-likeness (QED) is 0.739. The van der Waals surface area contributed by atoms with Crippen molar-refractivity contribution < 1.29 is 0 Å². The summed E-state index contributed by atoms with van der Waals surface area (Å²) in [6.45, 7) is 3.21.